The third-order valence-corrected chi connectivity index (χ3v) is 2.89. The summed E-state index contributed by atoms with van der Waals surface area (Å²) >= 11 is 0. The number of hydrogen-bond acceptors (Lipinski definition) is 4. The number of carboxylic acids is 1. The molecule has 0 saturated heterocycles. The van der Waals surface area contributed by atoms with Crippen LogP contribution in [0.2, 0.25) is 0 Å². The highest BCUT2D eigenvalue weighted by molar-refractivity contribution is 6.07. The molecule has 6 heteroatoms. The molecule has 0 atom stereocenters. The first-order chi connectivity index (χ1) is 9.97. The van der Waals surface area contributed by atoms with Gasteiger partial charge in [-0.25, -0.2) is 4.98 Å². The van der Waals surface area contributed by atoms with Crippen molar-refractivity contribution in [3.05, 3.63) is 53.9 Å². The van der Waals surface area contributed by atoms with E-state index in [-0.39, 0.29) is 5.69 Å². The first-order valence-corrected chi connectivity index (χ1v) is 6.29. The van der Waals surface area contributed by atoms with Gasteiger partial charge in [0.25, 0.3) is 5.91 Å². The Morgan fingerprint density at radius 2 is 1.86 bits per heavy atom. The van der Waals surface area contributed by atoms with Crippen molar-refractivity contribution >= 4 is 23.3 Å². The van der Waals surface area contributed by atoms with Crippen LogP contribution in [0.3, 0.4) is 0 Å². The quantitative estimate of drug-likeness (QED) is 0.891. The van der Waals surface area contributed by atoms with Crippen LogP contribution in [0.25, 0.3) is 0 Å². The molecule has 0 aliphatic heterocycles. The Hall–Kier alpha value is -2.89. The molecule has 1 aromatic heterocycles. The number of aryl methyl sites for hydroxylation is 1. The molecule has 3 N–H and O–H groups in total. The minimum absolute atomic E-state index is 0.144. The predicted molar refractivity (Wildman–Crippen MR) is 79.1 cm³/mol. The molecule has 21 heavy (non-hydrogen) atoms. The summed E-state index contributed by atoms with van der Waals surface area (Å²) in [5.74, 6) is -1.58. The largest absolute Gasteiger partial charge is 0.480 e. The molecule has 0 radical (unpaired) electrons. The summed E-state index contributed by atoms with van der Waals surface area (Å²) in [6.07, 6.45) is 1.36. The molecule has 0 unspecified atom stereocenters. The van der Waals surface area contributed by atoms with E-state index >= 15 is 0 Å². The van der Waals surface area contributed by atoms with E-state index in [4.69, 9.17) is 10.8 Å². The number of aromatic nitrogens is 1. The second-order valence-corrected chi connectivity index (χ2v) is 4.60. The lowest BCUT2D eigenvalue weighted by atomic mass is 10.2. The fraction of sp³-hybridized carbons (Fsp3) is 0.133. The van der Waals surface area contributed by atoms with E-state index in [0.717, 1.165) is 5.56 Å². The number of aliphatic carboxylic acids is 1. The number of amides is 1. The number of nitrogen functional groups attached to an aromatic ring is 1. The van der Waals surface area contributed by atoms with E-state index in [9.17, 15) is 9.59 Å². The lowest BCUT2D eigenvalue weighted by Gasteiger charge is -2.20. The molecule has 1 heterocycles. The molecular formula is C15H15N3O3. The molecule has 2 aromatic rings. The molecule has 0 aliphatic rings. The van der Waals surface area contributed by atoms with Gasteiger partial charge in [-0.1, -0.05) is 17.7 Å². The van der Waals surface area contributed by atoms with Crippen molar-refractivity contribution in [3.8, 4) is 0 Å². The zero-order valence-electron chi connectivity index (χ0n) is 11.5. The SMILES string of the molecule is Cc1ccc(N(CC(=O)O)C(=O)c2ccc(N)cn2)cc1. The number of benzene rings is 1. The zero-order chi connectivity index (χ0) is 15.4. The standard InChI is InChI=1S/C15H15N3O3/c1-10-2-5-12(6-3-10)18(9-14(19)20)15(21)13-7-4-11(16)8-17-13/h2-8H,9,16H2,1H3,(H,19,20). The van der Waals surface area contributed by atoms with Gasteiger partial charge in [-0.15, -0.1) is 0 Å². The van der Waals surface area contributed by atoms with E-state index in [1.165, 1.54) is 17.2 Å². The monoisotopic (exact) mass is 285 g/mol. The van der Waals surface area contributed by atoms with Crippen molar-refractivity contribution in [2.75, 3.05) is 17.2 Å². The van der Waals surface area contributed by atoms with Crippen LogP contribution in [-0.2, 0) is 4.79 Å². The summed E-state index contributed by atoms with van der Waals surface area (Å²) < 4.78 is 0. The zero-order valence-corrected chi connectivity index (χ0v) is 11.5. The maximum absolute atomic E-state index is 12.4. The maximum Gasteiger partial charge on any atom is 0.323 e. The Balaban J connectivity index is 2.35. The number of nitrogens with zero attached hydrogens (tertiary/aromatic N) is 2. The van der Waals surface area contributed by atoms with Crippen LogP contribution in [0.4, 0.5) is 11.4 Å². The van der Waals surface area contributed by atoms with Crippen molar-refractivity contribution in [1.29, 1.82) is 0 Å². The van der Waals surface area contributed by atoms with Crippen molar-refractivity contribution < 1.29 is 14.7 Å². The number of carbonyl (C=O) groups is 2. The highest BCUT2D eigenvalue weighted by Crippen LogP contribution is 2.17. The van der Waals surface area contributed by atoms with E-state index in [1.807, 2.05) is 19.1 Å². The lowest BCUT2D eigenvalue weighted by Crippen LogP contribution is -2.36. The molecule has 0 saturated carbocycles. The summed E-state index contributed by atoms with van der Waals surface area (Å²) in [5, 5.41) is 9.01. The minimum Gasteiger partial charge on any atom is -0.480 e. The molecule has 2 rings (SSSR count). The summed E-state index contributed by atoms with van der Waals surface area (Å²) in [4.78, 5) is 28.5. The molecule has 0 spiro atoms. The Kier molecular flexibility index (Phi) is 4.18. The average molecular weight is 285 g/mol. The van der Waals surface area contributed by atoms with Gasteiger partial charge in [0, 0.05) is 5.69 Å². The van der Waals surface area contributed by atoms with Crippen LogP contribution in [0, 0.1) is 6.92 Å². The van der Waals surface area contributed by atoms with Crippen LogP contribution >= 0.6 is 0 Å². The second-order valence-electron chi connectivity index (χ2n) is 4.60. The summed E-state index contributed by atoms with van der Waals surface area (Å²) in [6, 6.07) is 10.1. The highest BCUT2D eigenvalue weighted by Gasteiger charge is 2.21. The van der Waals surface area contributed by atoms with Crippen LogP contribution in [0.15, 0.2) is 42.6 Å². The van der Waals surface area contributed by atoms with E-state index in [2.05, 4.69) is 4.98 Å². The van der Waals surface area contributed by atoms with Crippen LogP contribution in [0.1, 0.15) is 16.1 Å². The van der Waals surface area contributed by atoms with Gasteiger partial charge < -0.3 is 10.8 Å². The van der Waals surface area contributed by atoms with E-state index in [1.54, 1.807) is 18.2 Å². The van der Waals surface area contributed by atoms with E-state index in [0.29, 0.717) is 11.4 Å². The van der Waals surface area contributed by atoms with Gasteiger partial charge in [-0.3, -0.25) is 14.5 Å². The smallest absolute Gasteiger partial charge is 0.323 e. The third kappa shape index (κ3) is 3.56. The molecule has 1 amide bonds. The highest BCUT2D eigenvalue weighted by atomic mass is 16.4. The summed E-state index contributed by atoms with van der Waals surface area (Å²) in [7, 11) is 0. The Labute approximate surface area is 121 Å². The fourth-order valence-corrected chi connectivity index (χ4v) is 1.81. The maximum atomic E-state index is 12.4. The Morgan fingerprint density at radius 1 is 1.19 bits per heavy atom. The van der Waals surface area contributed by atoms with Crippen molar-refractivity contribution in [2.24, 2.45) is 0 Å². The van der Waals surface area contributed by atoms with Crippen LogP contribution < -0.4 is 10.6 Å². The minimum atomic E-state index is -1.10. The van der Waals surface area contributed by atoms with E-state index < -0.39 is 18.4 Å². The molecule has 0 aliphatic carbocycles. The van der Waals surface area contributed by atoms with Gasteiger partial charge in [0.05, 0.1) is 11.9 Å². The van der Waals surface area contributed by atoms with Gasteiger partial charge in [-0.05, 0) is 31.2 Å². The molecule has 0 fully saturated rings. The number of rotatable bonds is 4. The number of pyridine rings is 1. The van der Waals surface area contributed by atoms with Gasteiger partial charge in [0.15, 0.2) is 0 Å². The van der Waals surface area contributed by atoms with Crippen LogP contribution in [-0.4, -0.2) is 28.5 Å². The van der Waals surface area contributed by atoms with Crippen LogP contribution in [0.5, 0.6) is 0 Å². The van der Waals surface area contributed by atoms with Gasteiger partial charge in [0.2, 0.25) is 0 Å². The van der Waals surface area contributed by atoms with Crippen molar-refractivity contribution in [2.45, 2.75) is 6.92 Å². The number of carboxylic acid groups (broad SMARTS) is 1. The molecule has 6 nitrogen and oxygen atoms in total. The molecule has 108 valence electrons. The number of carbonyl (C=O) groups excluding carboxylic acids is 1. The van der Waals surface area contributed by atoms with Gasteiger partial charge in [-0.2, -0.15) is 0 Å². The first kappa shape index (κ1) is 14.5. The molecule has 1 aromatic carbocycles. The normalized spacial score (nSPS) is 10.1. The lowest BCUT2D eigenvalue weighted by molar-refractivity contribution is -0.135. The average Bonchev–Trinajstić information content (AvgIpc) is 2.46. The summed E-state index contributed by atoms with van der Waals surface area (Å²) in [6.45, 7) is 1.47. The topological polar surface area (TPSA) is 96.5 Å². The number of nitrogens with two attached hydrogens (primary N) is 1. The number of anilines is 2. The Morgan fingerprint density at radius 3 is 2.38 bits per heavy atom. The fourth-order valence-electron chi connectivity index (χ4n) is 1.81. The molecule has 0 bridgehead atoms. The first-order valence-electron chi connectivity index (χ1n) is 6.29. The third-order valence-electron chi connectivity index (χ3n) is 2.89. The predicted octanol–water partition coefficient (Wildman–Crippen LogP) is 1.70. The van der Waals surface area contributed by atoms with Gasteiger partial charge >= 0.3 is 5.97 Å². The molecular weight excluding hydrogens is 270 g/mol. The second kappa shape index (κ2) is 6.04. The Bertz CT molecular complexity index is 651. The van der Waals surface area contributed by atoms with Crippen molar-refractivity contribution in [1.82, 2.24) is 4.98 Å². The summed E-state index contributed by atoms with van der Waals surface area (Å²) in [5.41, 5.74) is 7.64. The van der Waals surface area contributed by atoms with Gasteiger partial charge in [0.1, 0.15) is 12.2 Å². The number of hydrogen-bond donors (Lipinski definition) is 2. The van der Waals surface area contributed by atoms with Crippen molar-refractivity contribution in [3.63, 3.8) is 0 Å².